The van der Waals surface area contributed by atoms with Crippen molar-refractivity contribution >= 4 is 11.6 Å². The van der Waals surface area contributed by atoms with Crippen molar-refractivity contribution in [3.8, 4) is 0 Å². The third-order valence-electron chi connectivity index (χ3n) is 2.82. The fraction of sp³-hybridized carbons (Fsp3) is 0.143. The van der Waals surface area contributed by atoms with Crippen molar-refractivity contribution in [3.63, 3.8) is 0 Å². The minimum atomic E-state index is -1.12. The summed E-state index contributed by atoms with van der Waals surface area (Å²) in [5.41, 5.74) is 5.96. The minimum absolute atomic E-state index is 0.105. The van der Waals surface area contributed by atoms with Crippen LogP contribution in [0.15, 0.2) is 36.5 Å². The molecule has 1 aromatic heterocycles. The lowest BCUT2D eigenvalue weighted by atomic mass is 10.1. The molecule has 0 aliphatic carbocycles. The lowest BCUT2D eigenvalue weighted by Crippen LogP contribution is -2.28. The predicted molar refractivity (Wildman–Crippen MR) is 70.9 cm³/mol. The number of aromatic nitrogens is 1. The second-order valence-corrected chi connectivity index (χ2v) is 4.30. The van der Waals surface area contributed by atoms with Crippen LogP contribution in [0.5, 0.6) is 0 Å². The molecule has 0 saturated carbocycles. The van der Waals surface area contributed by atoms with Crippen LogP contribution in [-0.2, 0) is 0 Å². The van der Waals surface area contributed by atoms with Crippen LogP contribution in [0, 0.1) is 11.6 Å². The lowest BCUT2D eigenvalue weighted by Gasteiger charge is -2.14. The Morgan fingerprint density at radius 3 is 2.65 bits per heavy atom. The van der Waals surface area contributed by atoms with Crippen LogP contribution >= 0.6 is 0 Å². The molecule has 104 valence electrons. The maximum atomic E-state index is 13.2. The van der Waals surface area contributed by atoms with Gasteiger partial charge in [-0.15, -0.1) is 0 Å². The molecule has 20 heavy (non-hydrogen) atoms. The van der Waals surface area contributed by atoms with Crippen molar-refractivity contribution in [2.75, 3.05) is 5.73 Å². The molecule has 0 bridgehead atoms. The Kier molecular flexibility index (Phi) is 3.93. The maximum absolute atomic E-state index is 13.2. The normalized spacial score (nSPS) is 11.9. The smallest absolute Gasteiger partial charge is 0.254 e. The summed E-state index contributed by atoms with van der Waals surface area (Å²) in [6, 6.07) is 6.49. The van der Waals surface area contributed by atoms with Gasteiger partial charge in [0, 0.05) is 18.0 Å². The summed E-state index contributed by atoms with van der Waals surface area (Å²) in [4.78, 5) is 16.1. The predicted octanol–water partition coefficient (Wildman–Crippen LogP) is 2.43. The molecule has 6 heteroatoms. The second kappa shape index (κ2) is 5.64. The van der Waals surface area contributed by atoms with E-state index in [-0.39, 0.29) is 17.3 Å². The molecule has 1 unspecified atom stereocenters. The van der Waals surface area contributed by atoms with E-state index < -0.39 is 17.5 Å². The van der Waals surface area contributed by atoms with Gasteiger partial charge in [-0.1, -0.05) is 6.07 Å². The number of nitrogens with two attached hydrogens (primary N) is 1. The molecule has 1 aromatic carbocycles. The van der Waals surface area contributed by atoms with E-state index in [4.69, 9.17) is 5.73 Å². The molecule has 0 saturated heterocycles. The summed E-state index contributed by atoms with van der Waals surface area (Å²) < 4.78 is 26.1. The Morgan fingerprint density at radius 2 is 2.00 bits per heavy atom. The number of pyridine rings is 1. The molecular formula is C14H13F2N3O. The molecule has 0 aliphatic heterocycles. The van der Waals surface area contributed by atoms with E-state index in [0.717, 1.165) is 12.1 Å². The van der Waals surface area contributed by atoms with E-state index in [1.165, 1.54) is 0 Å². The monoisotopic (exact) mass is 277 g/mol. The number of anilines is 1. The quantitative estimate of drug-likeness (QED) is 0.847. The van der Waals surface area contributed by atoms with Crippen LogP contribution in [0.1, 0.15) is 29.0 Å². The zero-order valence-corrected chi connectivity index (χ0v) is 10.7. The van der Waals surface area contributed by atoms with Crippen molar-refractivity contribution in [3.05, 3.63) is 59.4 Å². The van der Waals surface area contributed by atoms with Crippen molar-refractivity contribution in [1.29, 1.82) is 0 Å². The molecule has 0 radical (unpaired) electrons. The van der Waals surface area contributed by atoms with Gasteiger partial charge in [0.15, 0.2) is 11.6 Å². The summed E-state index contributed by atoms with van der Waals surface area (Å²) in [5.74, 6) is -2.79. The minimum Gasteiger partial charge on any atom is -0.398 e. The van der Waals surface area contributed by atoms with Gasteiger partial charge in [-0.2, -0.15) is 0 Å². The number of hydrogen-bond donors (Lipinski definition) is 2. The molecule has 1 heterocycles. The standard InChI is InChI=1S/C14H13F2N3O/c1-8(13-4-2-3-5-18-13)19-14(20)9-6-10(15)11(16)7-12(9)17/h2-8H,17H2,1H3,(H,19,20). The summed E-state index contributed by atoms with van der Waals surface area (Å²) in [7, 11) is 0. The summed E-state index contributed by atoms with van der Waals surface area (Å²) in [6.07, 6.45) is 1.60. The molecule has 2 rings (SSSR count). The highest BCUT2D eigenvalue weighted by Gasteiger charge is 2.17. The van der Waals surface area contributed by atoms with Gasteiger partial charge in [-0.25, -0.2) is 8.78 Å². The molecule has 3 N–H and O–H groups in total. The zero-order valence-electron chi connectivity index (χ0n) is 10.7. The van der Waals surface area contributed by atoms with Gasteiger partial charge in [0.05, 0.1) is 17.3 Å². The third kappa shape index (κ3) is 2.90. The number of nitrogens with zero attached hydrogens (tertiary/aromatic N) is 1. The highest BCUT2D eigenvalue weighted by Crippen LogP contribution is 2.18. The van der Waals surface area contributed by atoms with Crippen molar-refractivity contribution in [2.24, 2.45) is 0 Å². The molecule has 1 amide bonds. The van der Waals surface area contributed by atoms with E-state index in [1.54, 1.807) is 31.3 Å². The molecule has 1 atom stereocenters. The first-order chi connectivity index (χ1) is 9.49. The molecule has 0 aliphatic rings. The van der Waals surface area contributed by atoms with Gasteiger partial charge in [-0.05, 0) is 25.1 Å². The molecular weight excluding hydrogens is 264 g/mol. The number of halogens is 2. The van der Waals surface area contributed by atoms with Gasteiger partial charge in [-0.3, -0.25) is 9.78 Å². The first kappa shape index (κ1) is 13.9. The number of carbonyl (C=O) groups is 1. The lowest BCUT2D eigenvalue weighted by molar-refractivity contribution is 0.0939. The van der Waals surface area contributed by atoms with Gasteiger partial charge >= 0.3 is 0 Å². The molecule has 2 aromatic rings. The SMILES string of the molecule is CC(NC(=O)c1cc(F)c(F)cc1N)c1ccccn1. The molecule has 0 spiro atoms. The van der Waals surface area contributed by atoms with Gasteiger partial charge in [0.1, 0.15) is 0 Å². The van der Waals surface area contributed by atoms with E-state index in [9.17, 15) is 13.6 Å². The Hall–Kier alpha value is -2.50. The highest BCUT2D eigenvalue weighted by molar-refractivity contribution is 5.99. The van der Waals surface area contributed by atoms with Crippen LogP contribution < -0.4 is 11.1 Å². The topological polar surface area (TPSA) is 68.0 Å². The number of hydrogen-bond acceptors (Lipinski definition) is 3. The molecule has 4 nitrogen and oxygen atoms in total. The van der Waals surface area contributed by atoms with E-state index in [1.807, 2.05) is 0 Å². The summed E-state index contributed by atoms with van der Waals surface area (Å²) in [5, 5.41) is 2.63. The van der Waals surface area contributed by atoms with Gasteiger partial charge in [0.25, 0.3) is 5.91 Å². The highest BCUT2D eigenvalue weighted by atomic mass is 19.2. The summed E-state index contributed by atoms with van der Waals surface area (Å²) in [6.45, 7) is 1.73. The van der Waals surface area contributed by atoms with Crippen LogP contribution in [0.4, 0.5) is 14.5 Å². The fourth-order valence-corrected chi connectivity index (χ4v) is 1.74. The van der Waals surface area contributed by atoms with E-state index >= 15 is 0 Å². The van der Waals surface area contributed by atoms with E-state index in [0.29, 0.717) is 5.69 Å². The first-order valence-corrected chi connectivity index (χ1v) is 5.95. The van der Waals surface area contributed by atoms with E-state index in [2.05, 4.69) is 10.3 Å². The number of amides is 1. The maximum Gasteiger partial charge on any atom is 0.254 e. The Balaban J connectivity index is 2.19. The number of rotatable bonds is 3. The number of carbonyl (C=O) groups excluding carboxylic acids is 1. The average molecular weight is 277 g/mol. The number of benzene rings is 1. The van der Waals surface area contributed by atoms with Crippen LogP contribution in [-0.4, -0.2) is 10.9 Å². The largest absolute Gasteiger partial charge is 0.398 e. The van der Waals surface area contributed by atoms with Crippen LogP contribution in [0.3, 0.4) is 0 Å². The van der Waals surface area contributed by atoms with Crippen molar-refractivity contribution < 1.29 is 13.6 Å². The summed E-state index contributed by atoms with van der Waals surface area (Å²) >= 11 is 0. The van der Waals surface area contributed by atoms with Crippen molar-refractivity contribution in [1.82, 2.24) is 10.3 Å². The Labute approximate surface area is 114 Å². The van der Waals surface area contributed by atoms with Gasteiger partial charge < -0.3 is 11.1 Å². The van der Waals surface area contributed by atoms with Crippen LogP contribution in [0.2, 0.25) is 0 Å². The third-order valence-corrected chi connectivity index (χ3v) is 2.82. The van der Waals surface area contributed by atoms with Crippen LogP contribution in [0.25, 0.3) is 0 Å². The average Bonchev–Trinajstić information content (AvgIpc) is 2.43. The number of nitrogens with one attached hydrogen (secondary N) is 1. The van der Waals surface area contributed by atoms with Gasteiger partial charge in [0.2, 0.25) is 0 Å². The first-order valence-electron chi connectivity index (χ1n) is 5.95. The number of nitrogen functional groups attached to an aromatic ring is 1. The van der Waals surface area contributed by atoms with Crippen molar-refractivity contribution in [2.45, 2.75) is 13.0 Å². The Morgan fingerprint density at radius 1 is 1.30 bits per heavy atom. The molecule has 0 fully saturated rings. The Bertz CT molecular complexity index is 632. The second-order valence-electron chi connectivity index (χ2n) is 4.30. The zero-order chi connectivity index (χ0) is 14.7. The fourth-order valence-electron chi connectivity index (χ4n) is 1.74.